The lowest BCUT2D eigenvalue weighted by Gasteiger charge is -2.10. The average molecular weight is 511 g/mol. The molecule has 0 spiro atoms. The van der Waals surface area contributed by atoms with E-state index in [4.69, 9.17) is 9.47 Å². The molecule has 0 fully saturated rings. The lowest BCUT2D eigenvalue weighted by Crippen LogP contribution is -2.28. The first-order chi connectivity index (χ1) is 18.3. The van der Waals surface area contributed by atoms with Gasteiger partial charge in [-0.1, -0.05) is 109 Å². The molecule has 0 aliphatic heterocycles. The summed E-state index contributed by atoms with van der Waals surface area (Å²) in [5.41, 5.74) is 0.774. The minimum Gasteiger partial charge on any atom is -0.490 e. The number of hydrogen-bond donors (Lipinski definition) is 2. The van der Waals surface area contributed by atoms with Crippen LogP contribution in [0.15, 0.2) is 54.6 Å². The van der Waals surface area contributed by atoms with E-state index >= 15 is 0 Å². The van der Waals surface area contributed by atoms with Crippen molar-refractivity contribution in [2.45, 2.75) is 96.8 Å². The van der Waals surface area contributed by atoms with Gasteiger partial charge < -0.3 is 20.1 Å². The molecule has 2 N–H and O–H groups in total. The zero-order chi connectivity index (χ0) is 26.2. The zero-order valence-electron chi connectivity index (χ0n) is 23.1. The highest BCUT2D eigenvalue weighted by Gasteiger charge is 2.03. The van der Waals surface area contributed by atoms with Gasteiger partial charge in [-0.15, -0.1) is 0 Å². The average Bonchev–Trinajstić information content (AvgIpc) is 2.92. The summed E-state index contributed by atoms with van der Waals surface area (Å²) in [5, 5.41) is 6.19. The number of ether oxygens (including phenoxy) is 2. The Bertz CT molecular complexity index is 795. The van der Waals surface area contributed by atoms with Crippen LogP contribution in [0.1, 0.15) is 96.8 Å². The van der Waals surface area contributed by atoms with Crippen molar-refractivity contribution < 1.29 is 14.3 Å². The van der Waals surface area contributed by atoms with Crippen LogP contribution in [-0.2, 0) is 4.79 Å². The molecule has 5 heteroatoms. The first-order valence-corrected chi connectivity index (χ1v) is 14.7. The van der Waals surface area contributed by atoms with E-state index in [0.717, 1.165) is 30.2 Å². The molecule has 37 heavy (non-hydrogen) atoms. The van der Waals surface area contributed by atoms with Crippen molar-refractivity contribution in [2.75, 3.05) is 31.6 Å². The van der Waals surface area contributed by atoms with Gasteiger partial charge in [0, 0.05) is 5.69 Å². The van der Waals surface area contributed by atoms with Gasteiger partial charge in [0.05, 0.1) is 6.54 Å². The molecule has 0 atom stereocenters. The van der Waals surface area contributed by atoms with Crippen LogP contribution in [-0.4, -0.2) is 32.2 Å². The summed E-state index contributed by atoms with van der Waals surface area (Å²) in [6.07, 6.45) is 19.1. The second-order valence-electron chi connectivity index (χ2n) is 9.86. The Morgan fingerprint density at radius 1 is 0.622 bits per heavy atom. The molecule has 1 amide bonds. The molecule has 2 aromatic rings. The molecular formula is C32H50N2O3. The molecule has 0 heterocycles. The van der Waals surface area contributed by atoms with Crippen molar-refractivity contribution in [1.82, 2.24) is 5.32 Å². The zero-order valence-corrected chi connectivity index (χ0v) is 23.1. The third-order valence-corrected chi connectivity index (χ3v) is 6.49. The predicted molar refractivity (Wildman–Crippen MR) is 156 cm³/mol. The second kappa shape index (κ2) is 21.5. The van der Waals surface area contributed by atoms with Crippen LogP contribution < -0.4 is 20.1 Å². The number of carbonyl (C=O) groups is 1. The number of nitrogens with one attached hydrogen (secondary N) is 2. The largest absolute Gasteiger partial charge is 0.490 e. The van der Waals surface area contributed by atoms with Crippen LogP contribution in [0.3, 0.4) is 0 Å². The minimum atomic E-state index is -0.0182. The number of amides is 1. The molecule has 0 radical (unpaired) electrons. The maximum atomic E-state index is 12.2. The Hall–Kier alpha value is -2.53. The fourth-order valence-electron chi connectivity index (χ4n) is 4.32. The Morgan fingerprint density at radius 3 is 1.65 bits per heavy atom. The van der Waals surface area contributed by atoms with Gasteiger partial charge in [-0.25, -0.2) is 0 Å². The van der Waals surface area contributed by atoms with E-state index in [2.05, 4.69) is 17.6 Å². The monoisotopic (exact) mass is 510 g/mol. The maximum Gasteiger partial charge on any atom is 0.238 e. The smallest absolute Gasteiger partial charge is 0.238 e. The molecule has 0 unspecified atom stereocenters. The van der Waals surface area contributed by atoms with Crippen molar-refractivity contribution in [3.05, 3.63) is 54.6 Å². The summed E-state index contributed by atoms with van der Waals surface area (Å²) in [6.45, 7) is 4.45. The summed E-state index contributed by atoms with van der Waals surface area (Å²) < 4.78 is 11.3. The molecule has 0 aliphatic carbocycles. The highest BCUT2D eigenvalue weighted by atomic mass is 16.5. The molecule has 0 aromatic heterocycles. The lowest BCUT2D eigenvalue weighted by atomic mass is 10.0. The second-order valence-corrected chi connectivity index (χ2v) is 9.86. The van der Waals surface area contributed by atoms with Crippen LogP contribution >= 0.6 is 0 Å². The Kier molecular flexibility index (Phi) is 17.9. The summed E-state index contributed by atoms with van der Waals surface area (Å²) in [4.78, 5) is 12.2. The van der Waals surface area contributed by atoms with Crippen molar-refractivity contribution in [1.29, 1.82) is 0 Å². The van der Waals surface area contributed by atoms with E-state index in [0.29, 0.717) is 19.8 Å². The minimum absolute atomic E-state index is 0.0182. The number of benzene rings is 2. The van der Waals surface area contributed by atoms with Gasteiger partial charge in [-0.2, -0.15) is 0 Å². The molecule has 0 saturated heterocycles. The number of anilines is 1. The lowest BCUT2D eigenvalue weighted by molar-refractivity contribution is -0.115. The Morgan fingerprint density at radius 2 is 1.11 bits per heavy atom. The van der Waals surface area contributed by atoms with Gasteiger partial charge in [0.15, 0.2) is 0 Å². The standard InChI is InChI=1S/C32H50N2O3/c1-2-3-4-5-6-7-8-9-10-11-12-13-14-18-25-33-28-32(35)34-29-21-23-31(24-22-29)37-27-26-36-30-19-16-15-17-20-30/h15-17,19-24,33H,2-14,18,25-28H2,1H3,(H,34,35). The van der Waals surface area contributed by atoms with Gasteiger partial charge in [0.1, 0.15) is 24.7 Å². The van der Waals surface area contributed by atoms with E-state index in [1.165, 1.54) is 83.5 Å². The number of para-hydroxylation sites is 1. The topological polar surface area (TPSA) is 59.6 Å². The molecule has 2 rings (SSSR count). The summed E-state index contributed by atoms with van der Waals surface area (Å²) in [6, 6.07) is 17.1. The fourth-order valence-corrected chi connectivity index (χ4v) is 4.32. The van der Waals surface area contributed by atoms with Crippen LogP contribution in [0, 0.1) is 0 Å². The van der Waals surface area contributed by atoms with Gasteiger partial charge in [0.25, 0.3) is 0 Å². The highest BCUT2D eigenvalue weighted by Crippen LogP contribution is 2.16. The molecule has 0 bridgehead atoms. The SMILES string of the molecule is CCCCCCCCCCCCCCCCNCC(=O)Nc1ccc(OCCOc2ccccc2)cc1. The van der Waals surface area contributed by atoms with Gasteiger partial charge >= 0.3 is 0 Å². The van der Waals surface area contributed by atoms with E-state index in [1.54, 1.807) is 0 Å². The molecular weight excluding hydrogens is 460 g/mol. The third kappa shape index (κ3) is 16.8. The fraction of sp³-hybridized carbons (Fsp3) is 0.594. The predicted octanol–water partition coefficient (Wildman–Crippen LogP) is 8.15. The summed E-state index contributed by atoms with van der Waals surface area (Å²) in [5.74, 6) is 1.57. The van der Waals surface area contributed by atoms with Gasteiger partial charge in [-0.05, 0) is 49.4 Å². The summed E-state index contributed by atoms with van der Waals surface area (Å²) in [7, 11) is 0. The van der Waals surface area contributed by atoms with E-state index in [-0.39, 0.29) is 5.91 Å². The van der Waals surface area contributed by atoms with Crippen LogP contribution in [0.2, 0.25) is 0 Å². The van der Waals surface area contributed by atoms with E-state index in [1.807, 2.05) is 54.6 Å². The number of hydrogen-bond acceptors (Lipinski definition) is 4. The van der Waals surface area contributed by atoms with Crippen LogP contribution in [0.4, 0.5) is 5.69 Å². The van der Waals surface area contributed by atoms with Crippen molar-refractivity contribution in [3.63, 3.8) is 0 Å². The summed E-state index contributed by atoms with van der Waals surface area (Å²) >= 11 is 0. The highest BCUT2D eigenvalue weighted by molar-refractivity contribution is 5.92. The van der Waals surface area contributed by atoms with Crippen molar-refractivity contribution in [2.24, 2.45) is 0 Å². The molecule has 5 nitrogen and oxygen atoms in total. The van der Waals surface area contributed by atoms with Crippen molar-refractivity contribution >= 4 is 11.6 Å². The first-order valence-electron chi connectivity index (χ1n) is 14.7. The van der Waals surface area contributed by atoms with Crippen molar-refractivity contribution in [3.8, 4) is 11.5 Å². The first kappa shape index (κ1) is 30.7. The molecule has 0 saturated carbocycles. The van der Waals surface area contributed by atoms with Gasteiger partial charge in [0.2, 0.25) is 5.91 Å². The number of carbonyl (C=O) groups excluding carboxylic acids is 1. The maximum absolute atomic E-state index is 12.2. The molecule has 2 aromatic carbocycles. The van der Waals surface area contributed by atoms with E-state index in [9.17, 15) is 4.79 Å². The van der Waals surface area contributed by atoms with Crippen LogP contribution in [0.25, 0.3) is 0 Å². The normalized spacial score (nSPS) is 10.8. The number of unbranched alkanes of at least 4 members (excludes halogenated alkanes) is 13. The molecule has 0 aliphatic rings. The quantitative estimate of drug-likeness (QED) is 0.148. The number of rotatable bonds is 23. The van der Waals surface area contributed by atoms with Crippen LogP contribution in [0.5, 0.6) is 11.5 Å². The Labute approximate surface area is 225 Å². The van der Waals surface area contributed by atoms with Gasteiger partial charge in [-0.3, -0.25) is 4.79 Å². The molecule has 206 valence electrons. The Balaban J connectivity index is 1.37. The van der Waals surface area contributed by atoms with E-state index < -0.39 is 0 Å². The third-order valence-electron chi connectivity index (χ3n) is 6.49.